The van der Waals surface area contributed by atoms with Gasteiger partial charge >= 0.3 is 0 Å². The van der Waals surface area contributed by atoms with E-state index in [-0.39, 0.29) is 16.5 Å². The molecule has 1 aromatic rings. The lowest BCUT2D eigenvalue weighted by Gasteiger charge is -2.34. The van der Waals surface area contributed by atoms with Crippen LogP contribution in [0, 0.1) is 0 Å². The van der Waals surface area contributed by atoms with E-state index in [4.69, 9.17) is 15.1 Å². The minimum atomic E-state index is -3.40. The summed E-state index contributed by atoms with van der Waals surface area (Å²) in [7, 11) is 0. The number of halogens is 1. The van der Waals surface area contributed by atoms with Crippen LogP contribution in [0.25, 0.3) is 0 Å². The van der Waals surface area contributed by atoms with Gasteiger partial charge in [0.15, 0.2) is 0 Å². The molecule has 1 saturated carbocycles. The van der Waals surface area contributed by atoms with Gasteiger partial charge in [0, 0.05) is 45.7 Å². The summed E-state index contributed by atoms with van der Waals surface area (Å²) in [6.07, 6.45) is 1.83. The number of piperazine rings is 1. The zero-order valence-corrected chi connectivity index (χ0v) is 10.6. The van der Waals surface area contributed by atoms with Crippen molar-refractivity contribution in [3.8, 4) is 0 Å². The average molecular weight is 306 g/mol. The largest absolute Gasteiger partial charge is 0.369 e. The van der Waals surface area contributed by atoms with Gasteiger partial charge in [-0.3, -0.25) is 0 Å². The summed E-state index contributed by atoms with van der Waals surface area (Å²) < 4.78 is 89.1. The summed E-state index contributed by atoms with van der Waals surface area (Å²) in [5.74, 6) is 0.211. The van der Waals surface area contributed by atoms with E-state index < -0.39 is 33.0 Å². The molecule has 0 aromatic heterocycles. The molecule has 3 heteroatoms. The van der Waals surface area contributed by atoms with Gasteiger partial charge in [0.1, 0.15) is 0 Å². The normalized spacial score (nSPS) is 44.1. The van der Waals surface area contributed by atoms with Gasteiger partial charge in [0.2, 0.25) is 0 Å². The fourth-order valence-corrected chi connectivity index (χ4v) is 2.33. The molecule has 3 rings (SSSR count). The summed E-state index contributed by atoms with van der Waals surface area (Å²) in [5, 5.41) is 0. The van der Waals surface area contributed by atoms with Gasteiger partial charge in [0.25, 0.3) is 0 Å². The Hall–Kier alpha value is -0.540. The topological polar surface area (TPSA) is 6.48 Å². The lowest BCUT2D eigenvalue weighted by molar-refractivity contribution is 0.313. The second kappa shape index (κ2) is 4.62. The highest BCUT2D eigenvalue weighted by molar-refractivity contribution is 9.10. The Kier molecular flexibility index (Phi) is 1.23. The summed E-state index contributed by atoms with van der Waals surface area (Å²) in [4.78, 5) is 0.0741. The number of nitrogens with zero attached hydrogens (tertiary/aromatic N) is 2. The molecule has 0 amide bonds. The molecule has 2 fully saturated rings. The Bertz CT molecular complexity index is 760. The van der Waals surface area contributed by atoms with E-state index in [1.807, 2.05) is 0 Å². The van der Waals surface area contributed by atoms with E-state index in [1.165, 1.54) is 12.1 Å². The highest BCUT2D eigenvalue weighted by Crippen LogP contribution is 2.44. The van der Waals surface area contributed by atoms with Crippen LogP contribution in [0.15, 0.2) is 22.7 Å². The van der Waals surface area contributed by atoms with E-state index >= 15 is 0 Å². The first-order chi connectivity index (χ1) is 12.5. The van der Waals surface area contributed by atoms with Crippen molar-refractivity contribution in [1.82, 2.24) is 4.90 Å². The van der Waals surface area contributed by atoms with Crippen molar-refractivity contribution in [2.24, 2.45) is 0 Å². The van der Waals surface area contributed by atoms with Gasteiger partial charge in [-0.15, -0.1) is 0 Å². The van der Waals surface area contributed by atoms with E-state index in [1.54, 1.807) is 6.07 Å². The first-order valence-electron chi connectivity index (χ1n) is 10.9. The molecule has 1 aliphatic carbocycles. The molecule has 1 aliphatic heterocycles. The monoisotopic (exact) mass is 305 g/mol. The third kappa shape index (κ3) is 2.50. The summed E-state index contributed by atoms with van der Waals surface area (Å²) in [5.41, 5.74) is 0.738. The molecule has 0 atom stereocenters. The molecule has 1 aromatic carbocycles. The molecule has 0 spiro atoms. The van der Waals surface area contributed by atoms with Crippen LogP contribution in [0.5, 0.6) is 0 Å². The lowest BCUT2D eigenvalue weighted by Crippen LogP contribution is -2.44. The van der Waals surface area contributed by atoms with Gasteiger partial charge < -0.3 is 9.80 Å². The van der Waals surface area contributed by atoms with Crippen LogP contribution in [-0.4, -0.2) is 37.9 Å². The van der Waals surface area contributed by atoms with E-state index in [9.17, 15) is 0 Å². The number of benzene rings is 1. The van der Waals surface area contributed by atoms with Gasteiger partial charge in [0.05, 0.1) is 5.48 Å². The quantitative estimate of drug-likeness (QED) is 0.828. The Labute approximate surface area is 127 Å². The zero-order chi connectivity index (χ0) is 21.5. The highest BCUT2D eigenvalue weighted by Gasteiger charge is 2.26. The van der Waals surface area contributed by atoms with Crippen LogP contribution < -0.4 is 4.90 Å². The fraction of sp³-hybridized carbons (Fsp3) is 0.571. The van der Waals surface area contributed by atoms with Gasteiger partial charge in [-0.05, 0) is 49.5 Å². The first kappa shape index (κ1) is 4.53. The number of hydrogen-bond donors (Lipinski definition) is 0. The summed E-state index contributed by atoms with van der Waals surface area (Å²) >= 11 is 3.40. The van der Waals surface area contributed by atoms with Crippen LogP contribution in [-0.2, 0) is 0 Å². The fourth-order valence-electron chi connectivity index (χ4n) is 1.76. The van der Waals surface area contributed by atoms with Crippen molar-refractivity contribution in [2.75, 3.05) is 37.9 Å². The summed E-state index contributed by atoms with van der Waals surface area (Å²) in [6.45, 7) is -16.5. The summed E-state index contributed by atoms with van der Waals surface area (Å²) in [6, 6.07) is 4.45. The van der Waals surface area contributed by atoms with E-state index in [2.05, 4.69) is 15.9 Å². The molecule has 0 N–H and O–H groups in total. The van der Waals surface area contributed by atoms with Crippen LogP contribution >= 0.6 is 15.9 Å². The number of likely N-dealkylation sites (N-methyl/N-ethyl adjacent to an activating group) is 1. The first-order valence-corrected chi connectivity index (χ1v) is 6.17. The smallest absolute Gasteiger partial charge is 0.0506 e. The Morgan fingerprint density at radius 3 is 2.71 bits per heavy atom. The Morgan fingerprint density at radius 1 is 1.29 bits per heavy atom. The second-order valence-corrected chi connectivity index (χ2v) is 4.95. The van der Waals surface area contributed by atoms with Gasteiger partial charge in [-0.1, -0.05) is 15.9 Å². The maximum absolute atomic E-state index is 8.32. The van der Waals surface area contributed by atoms with Crippen molar-refractivity contribution >= 4 is 21.6 Å². The van der Waals surface area contributed by atoms with Crippen molar-refractivity contribution < 1.29 is 15.1 Å². The van der Waals surface area contributed by atoms with Crippen LogP contribution in [0.4, 0.5) is 5.69 Å². The van der Waals surface area contributed by atoms with E-state index in [0.717, 1.165) is 22.9 Å². The zero-order valence-electron chi connectivity index (χ0n) is 20.0. The van der Waals surface area contributed by atoms with Crippen molar-refractivity contribution in [3.63, 3.8) is 0 Å². The Balaban J connectivity index is 2.23. The molecule has 0 unspecified atom stereocenters. The minimum Gasteiger partial charge on any atom is -0.369 e. The SMILES string of the molecule is [2H]C([2H])([2H])N1C([2H])([2H])C([2H])([2H])N(c2ccc(Br)c(C3CC3)c2)C([2H])([2H])C1([2H])[2H]. The highest BCUT2D eigenvalue weighted by atomic mass is 79.9. The van der Waals surface area contributed by atoms with Crippen molar-refractivity contribution in [3.05, 3.63) is 28.2 Å². The molecule has 1 saturated heterocycles. The minimum absolute atomic E-state index is 0.0574. The van der Waals surface area contributed by atoms with Gasteiger partial charge in [-0.25, -0.2) is 0 Å². The third-order valence-electron chi connectivity index (χ3n) is 2.80. The lowest BCUT2D eigenvalue weighted by atomic mass is 10.1. The molecule has 0 bridgehead atoms. The maximum Gasteiger partial charge on any atom is 0.0506 e. The molecular weight excluding hydrogens is 276 g/mol. The standard InChI is InChI=1S/C14H19BrN2/c1-16-6-8-17(9-7-16)12-4-5-14(15)13(10-12)11-2-3-11/h4-5,10-11H,2-3,6-9H2,1H3/i1D3,6D2,7D2,8D2,9D2. The van der Waals surface area contributed by atoms with Crippen molar-refractivity contribution in [2.45, 2.75) is 18.8 Å². The van der Waals surface area contributed by atoms with Crippen LogP contribution in [0.3, 0.4) is 0 Å². The molecule has 2 aliphatic rings. The molecule has 17 heavy (non-hydrogen) atoms. The van der Waals surface area contributed by atoms with Crippen LogP contribution in [0.2, 0.25) is 0 Å². The molecule has 2 nitrogen and oxygen atoms in total. The molecular formula is C14H19BrN2. The molecule has 92 valence electrons. The Morgan fingerprint density at radius 2 is 2.06 bits per heavy atom. The number of anilines is 1. The maximum atomic E-state index is 8.32. The average Bonchev–Trinajstić information content (AvgIpc) is 3.29. The van der Waals surface area contributed by atoms with E-state index in [0.29, 0.717) is 4.90 Å². The van der Waals surface area contributed by atoms with Crippen LogP contribution in [0.1, 0.15) is 39.4 Å². The second-order valence-electron chi connectivity index (χ2n) is 4.10. The van der Waals surface area contributed by atoms with Gasteiger partial charge in [-0.2, -0.15) is 0 Å². The predicted molar refractivity (Wildman–Crippen MR) is 75.8 cm³/mol. The molecule has 0 radical (unpaired) electrons. The predicted octanol–water partition coefficient (Wildman–Crippen LogP) is 3.08. The number of rotatable bonds is 2. The molecule has 1 heterocycles. The third-order valence-corrected chi connectivity index (χ3v) is 3.52. The van der Waals surface area contributed by atoms with Crippen molar-refractivity contribution in [1.29, 1.82) is 0 Å². The number of hydrogen-bond acceptors (Lipinski definition) is 2.